The number of halogens is 2. The summed E-state index contributed by atoms with van der Waals surface area (Å²) in [7, 11) is 1.61. The molecule has 0 aliphatic heterocycles. The lowest BCUT2D eigenvalue weighted by atomic mass is 10.1. The van der Waals surface area contributed by atoms with E-state index < -0.39 is 0 Å². The normalized spacial score (nSPS) is 10.1. The molecule has 2 nitrogen and oxygen atoms in total. The van der Waals surface area contributed by atoms with Crippen molar-refractivity contribution in [3.05, 3.63) is 23.3 Å². The molecule has 1 N–H and O–H groups in total. The van der Waals surface area contributed by atoms with Crippen molar-refractivity contribution in [3.8, 4) is 11.5 Å². The third-order valence-corrected chi connectivity index (χ3v) is 2.97. The minimum Gasteiger partial charge on any atom is -0.507 e. The van der Waals surface area contributed by atoms with Gasteiger partial charge in [0, 0.05) is 21.8 Å². The summed E-state index contributed by atoms with van der Waals surface area (Å²) in [5, 5.41) is 10.9. The average molecular weight is 310 g/mol. The number of benzene rings is 1. The van der Waals surface area contributed by atoms with Crippen LogP contribution in [0.3, 0.4) is 0 Å². The summed E-state index contributed by atoms with van der Waals surface area (Å²) >= 11 is 6.61. The van der Waals surface area contributed by atoms with E-state index in [0.717, 1.165) is 16.9 Å². The Morgan fingerprint density at radius 3 is 2.00 bits per heavy atom. The largest absolute Gasteiger partial charge is 0.507 e. The smallest absolute Gasteiger partial charge is 0.123 e. The van der Waals surface area contributed by atoms with Crippen LogP contribution in [0.2, 0.25) is 0 Å². The van der Waals surface area contributed by atoms with Crippen molar-refractivity contribution in [2.24, 2.45) is 0 Å². The third-order valence-electron chi connectivity index (χ3n) is 1.76. The van der Waals surface area contributed by atoms with Gasteiger partial charge in [-0.1, -0.05) is 31.9 Å². The van der Waals surface area contributed by atoms with Gasteiger partial charge < -0.3 is 9.84 Å². The molecule has 0 bridgehead atoms. The van der Waals surface area contributed by atoms with Crippen LogP contribution < -0.4 is 4.74 Å². The van der Waals surface area contributed by atoms with Gasteiger partial charge in [0.05, 0.1) is 7.11 Å². The molecule has 0 aliphatic rings. The van der Waals surface area contributed by atoms with Crippen molar-refractivity contribution in [2.45, 2.75) is 10.7 Å². The monoisotopic (exact) mass is 308 g/mol. The summed E-state index contributed by atoms with van der Waals surface area (Å²) in [6, 6.07) is 3.63. The molecule has 0 spiro atoms. The molecular weight excluding hydrogens is 300 g/mol. The first-order valence-corrected chi connectivity index (χ1v) is 5.98. The molecule has 0 aliphatic carbocycles. The number of hydrogen-bond acceptors (Lipinski definition) is 2. The molecule has 0 amide bonds. The fourth-order valence-corrected chi connectivity index (χ4v) is 1.90. The first kappa shape index (κ1) is 10.9. The number of phenolic OH excluding ortho intramolecular Hbond substituents is 1. The van der Waals surface area contributed by atoms with Crippen LogP contribution in [-0.2, 0) is 10.7 Å². The summed E-state index contributed by atoms with van der Waals surface area (Å²) < 4.78 is 5.10. The number of ether oxygens (including phenoxy) is 1. The average Bonchev–Trinajstić information content (AvgIpc) is 2.18. The second-order valence-electron chi connectivity index (χ2n) is 2.56. The van der Waals surface area contributed by atoms with Gasteiger partial charge in [0.2, 0.25) is 0 Å². The van der Waals surface area contributed by atoms with E-state index in [2.05, 4.69) is 31.9 Å². The van der Waals surface area contributed by atoms with E-state index in [-0.39, 0.29) is 0 Å². The fraction of sp³-hybridized carbons (Fsp3) is 0.333. The number of phenols is 1. The van der Waals surface area contributed by atoms with E-state index in [1.54, 1.807) is 7.11 Å². The Labute approximate surface area is 94.2 Å². The minimum absolute atomic E-state index is 0.328. The van der Waals surface area contributed by atoms with E-state index in [1.165, 1.54) is 0 Å². The first-order valence-electron chi connectivity index (χ1n) is 3.73. The molecule has 0 saturated carbocycles. The van der Waals surface area contributed by atoms with E-state index in [4.69, 9.17) is 4.74 Å². The maximum absolute atomic E-state index is 9.69. The molecule has 1 aromatic carbocycles. The number of aromatic hydroxyl groups is 1. The maximum atomic E-state index is 9.69. The topological polar surface area (TPSA) is 29.5 Å². The first-order chi connectivity index (χ1) is 6.22. The highest BCUT2D eigenvalue weighted by Crippen LogP contribution is 2.31. The molecule has 0 radical (unpaired) electrons. The van der Waals surface area contributed by atoms with Gasteiger partial charge in [-0.25, -0.2) is 0 Å². The zero-order valence-corrected chi connectivity index (χ0v) is 10.4. The number of hydrogen-bond donors (Lipinski definition) is 1. The molecule has 0 saturated heterocycles. The minimum atomic E-state index is 0.328. The van der Waals surface area contributed by atoms with Crippen molar-refractivity contribution in [2.75, 3.05) is 7.11 Å². The van der Waals surface area contributed by atoms with Crippen LogP contribution >= 0.6 is 31.9 Å². The second-order valence-corrected chi connectivity index (χ2v) is 3.68. The third kappa shape index (κ3) is 2.38. The molecule has 0 atom stereocenters. The van der Waals surface area contributed by atoms with Gasteiger partial charge in [0.1, 0.15) is 11.5 Å². The molecule has 13 heavy (non-hydrogen) atoms. The lowest BCUT2D eigenvalue weighted by molar-refractivity contribution is 0.410. The predicted molar refractivity (Wildman–Crippen MR) is 59.9 cm³/mol. The highest BCUT2D eigenvalue weighted by Gasteiger charge is 2.08. The summed E-state index contributed by atoms with van der Waals surface area (Å²) in [5.74, 6) is 1.09. The quantitative estimate of drug-likeness (QED) is 0.869. The maximum Gasteiger partial charge on any atom is 0.123 e. The van der Waals surface area contributed by atoms with Crippen LogP contribution in [0.4, 0.5) is 0 Å². The Kier molecular flexibility index (Phi) is 4.06. The summed E-state index contributed by atoms with van der Waals surface area (Å²) in [5.41, 5.74) is 1.68. The Balaban J connectivity index is 3.20. The van der Waals surface area contributed by atoms with Gasteiger partial charge in [-0.2, -0.15) is 0 Å². The van der Waals surface area contributed by atoms with Crippen LogP contribution in [0.1, 0.15) is 11.1 Å². The summed E-state index contributed by atoms with van der Waals surface area (Å²) in [4.78, 5) is 0. The lowest BCUT2D eigenvalue weighted by Gasteiger charge is -2.08. The fourth-order valence-electron chi connectivity index (χ4n) is 1.05. The SMILES string of the molecule is COc1cc(CBr)c(O)c(CBr)c1. The summed E-state index contributed by atoms with van der Waals surface area (Å²) in [6.07, 6.45) is 0. The number of methoxy groups -OCH3 is 1. The van der Waals surface area contributed by atoms with Crippen LogP contribution in [0.25, 0.3) is 0 Å². The van der Waals surface area contributed by atoms with Gasteiger partial charge in [-0.3, -0.25) is 0 Å². The van der Waals surface area contributed by atoms with Crippen LogP contribution in [-0.4, -0.2) is 12.2 Å². The van der Waals surface area contributed by atoms with Gasteiger partial charge in [0.25, 0.3) is 0 Å². The Bertz CT molecular complexity index is 275. The van der Waals surface area contributed by atoms with E-state index in [1.807, 2.05) is 12.1 Å². The molecule has 72 valence electrons. The summed E-state index contributed by atoms with van der Waals surface area (Å²) in [6.45, 7) is 0. The lowest BCUT2D eigenvalue weighted by Crippen LogP contribution is -1.90. The second kappa shape index (κ2) is 4.86. The molecule has 4 heteroatoms. The van der Waals surface area contributed by atoms with Crippen molar-refractivity contribution in [3.63, 3.8) is 0 Å². The molecule has 1 aromatic rings. The standard InChI is InChI=1S/C9H10Br2O2/c1-13-8-2-6(4-10)9(12)7(3-8)5-11/h2-3,12H,4-5H2,1H3. The number of alkyl halides is 2. The van der Waals surface area contributed by atoms with Crippen molar-refractivity contribution in [1.29, 1.82) is 0 Å². The van der Waals surface area contributed by atoms with Crippen LogP contribution in [0, 0.1) is 0 Å². The zero-order valence-electron chi connectivity index (χ0n) is 7.18. The van der Waals surface area contributed by atoms with Gasteiger partial charge in [-0.15, -0.1) is 0 Å². The van der Waals surface area contributed by atoms with E-state index >= 15 is 0 Å². The van der Waals surface area contributed by atoms with Crippen molar-refractivity contribution in [1.82, 2.24) is 0 Å². The zero-order chi connectivity index (χ0) is 9.84. The molecule has 0 unspecified atom stereocenters. The van der Waals surface area contributed by atoms with Crippen molar-refractivity contribution < 1.29 is 9.84 Å². The van der Waals surface area contributed by atoms with Gasteiger partial charge >= 0.3 is 0 Å². The number of rotatable bonds is 3. The Hall–Kier alpha value is -0.220. The molecule has 0 heterocycles. The molecule has 0 aromatic heterocycles. The predicted octanol–water partition coefficient (Wildman–Crippen LogP) is 3.19. The van der Waals surface area contributed by atoms with Crippen LogP contribution in [0.5, 0.6) is 11.5 Å². The van der Waals surface area contributed by atoms with E-state index in [0.29, 0.717) is 16.4 Å². The Morgan fingerprint density at radius 1 is 1.23 bits per heavy atom. The molecule has 1 rings (SSSR count). The van der Waals surface area contributed by atoms with Gasteiger partial charge in [0.15, 0.2) is 0 Å². The highest BCUT2D eigenvalue weighted by atomic mass is 79.9. The highest BCUT2D eigenvalue weighted by molar-refractivity contribution is 9.08. The van der Waals surface area contributed by atoms with Gasteiger partial charge in [-0.05, 0) is 12.1 Å². The van der Waals surface area contributed by atoms with Crippen LogP contribution in [0.15, 0.2) is 12.1 Å². The van der Waals surface area contributed by atoms with E-state index in [9.17, 15) is 5.11 Å². The Morgan fingerprint density at radius 2 is 1.69 bits per heavy atom. The van der Waals surface area contributed by atoms with Crippen molar-refractivity contribution >= 4 is 31.9 Å². The molecule has 0 fully saturated rings. The molecular formula is C9H10Br2O2.